The molecule has 0 heterocycles. The van der Waals surface area contributed by atoms with Crippen LogP contribution >= 0.6 is 0 Å². The minimum Gasteiger partial charge on any atom is -0.369 e. The molecule has 0 radical (unpaired) electrons. The van der Waals surface area contributed by atoms with Crippen LogP contribution in [0.1, 0.15) is 20.3 Å². The first-order chi connectivity index (χ1) is 5.02. The van der Waals surface area contributed by atoms with Gasteiger partial charge in [-0.05, 0) is 6.42 Å². The van der Waals surface area contributed by atoms with Gasteiger partial charge < -0.3 is 5.11 Å². The van der Waals surface area contributed by atoms with E-state index in [2.05, 4.69) is 0 Å². The molecular weight excluding hydrogens is 142 g/mol. The monoisotopic (exact) mass is 153 g/mol. The van der Waals surface area contributed by atoms with Crippen molar-refractivity contribution in [3.05, 3.63) is 0 Å². The summed E-state index contributed by atoms with van der Waals surface area (Å²) in [5, 5.41) is 18.1. The lowest BCUT2D eigenvalue weighted by atomic mass is 9.94. The van der Waals surface area contributed by atoms with E-state index in [1.807, 2.05) is 0 Å². The van der Waals surface area contributed by atoms with Gasteiger partial charge in [-0.1, -0.05) is 13.8 Å². The van der Waals surface area contributed by atoms with Gasteiger partial charge >= 0.3 is 0 Å². The smallest absolute Gasteiger partial charge is 0.212 e. The Labute approximate surface area is 65.6 Å². The fourth-order valence-electron chi connectivity index (χ4n) is 1.59. The Morgan fingerprint density at radius 1 is 1.73 bits per heavy atom. The highest BCUT2D eigenvalue weighted by molar-refractivity contribution is 5.94. The Hall–Kier alpha value is -0.880. The maximum absolute atomic E-state index is 11.2. The van der Waals surface area contributed by atoms with E-state index in [9.17, 15) is 9.90 Å². The fourth-order valence-corrected chi connectivity index (χ4v) is 1.59. The number of Topliss-reactive ketones (excluding diaryl/α,β-unsaturated/α-hetero) is 1. The number of carbonyl (C=O) groups is 1. The third-order valence-electron chi connectivity index (χ3n) is 2.41. The molecule has 1 aliphatic carbocycles. The van der Waals surface area contributed by atoms with Crippen molar-refractivity contribution >= 4 is 5.78 Å². The van der Waals surface area contributed by atoms with E-state index >= 15 is 0 Å². The van der Waals surface area contributed by atoms with E-state index < -0.39 is 5.60 Å². The topological polar surface area (TPSA) is 61.1 Å². The van der Waals surface area contributed by atoms with Gasteiger partial charge in [0.25, 0.3) is 0 Å². The zero-order valence-electron chi connectivity index (χ0n) is 6.66. The molecule has 60 valence electrons. The summed E-state index contributed by atoms with van der Waals surface area (Å²) in [6, 6.07) is 1.68. The number of ketones is 1. The number of aliphatic hydroxyl groups is 1. The lowest BCUT2D eigenvalue weighted by Crippen LogP contribution is -2.38. The number of hydrogen-bond acceptors (Lipinski definition) is 3. The first-order valence-electron chi connectivity index (χ1n) is 3.70. The van der Waals surface area contributed by atoms with Gasteiger partial charge in [-0.25, -0.2) is 0 Å². The van der Waals surface area contributed by atoms with Crippen LogP contribution in [-0.2, 0) is 4.79 Å². The SMILES string of the molecule is CC1CC(C)C(O)(C#N)C1=O. The summed E-state index contributed by atoms with van der Waals surface area (Å²) < 4.78 is 0. The largest absolute Gasteiger partial charge is 0.369 e. The quantitative estimate of drug-likeness (QED) is 0.515. The molecule has 3 unspecified atom stereocenters. The first kappa shape index (κ1) is 8.22. The molecular formula is C8H11NO2. The molecule has 11 heavy (non-hydrogen) atoms. The van der Waals surface area contributed by atoms with E-state index in [0.29, 0.717) is 6.42 Å². The van der Waals surface area contributed by atoms with E-state index in [1.165, 1.54) is 0 Å². The summed E-state index contributed by atoms with van der Waals surface area (Å²) in [5.41, 5.74) is -1.71. The molecule has 0 saturated heterocycles. The molecule has 3 heteroatoms. The minimum absolute atomic E-state index is 0.172. The van der Waals surface area contributed by atoms with Crippen molar-refractivity contribution in [1.82, 2.24) is 0 Å². The highest BCUT2D eigenvalue weighted by Gasteiger charge is 2.50. The van der Waals surface area contributed by atoms with Gasteiger partial charge in [-0.3, -0.25) is 4.79 Å². The van der Waals surface area contributed by atoms with Gasteiger partial charge in [0.15, 0.2) is 5.78 Å². The van der Waals surface area contributed by atoms with Gasteiger partial charge in [-0.15, -0.1) is 0 Å². The van der Waals surface area contributed by atoms with Gasteiger partial charge in [0.2, 0.25) is 5.60 Å². The lowest BCUT2D eigenvalue weighted by molar-refractivity contribution is -0.132. The lowest BCUT2D eigenvalue weighted by Gasteiger charge is -2.15. The molecule has 0 aromatic rings. The third-order valence-corrected chi connectivity index (χ3v) is 2.41. The highest BCUT2D eigenvalue weighted by atomic mass is 16.3. The van der Waals surface area contributed by atoms with Crippen LogP contribution < -0.4 is 0 Å². The Morgan fingerprint density at radius 2 is 2.27 bits per heavy atom. The third kappa shape index (κ3) is 0.945. The minimum atomic E-state index is -1.71. The number of hydrogen-bond donors (Lipinski definition) is 1. The van der Waals surface area contributed by atoms with Crippen LogP contribution in [0.25, 0.3) is 0 Å². The Bertz CT molecular complexity index is 231. The molecule has 0 spiro atoms. The number of rotatable bonds is 0. The Kier molecular flexibility index (Phi) is 1.73. The summed E-state index contributed by atoms with van der Waals surface area (Å²) in [4.78, 5) is 11.2. The van der Waals surface area contributed by atoms with Gasteiger partial charge in [0.1, 0.15) is 6.07 Å². The van der Waals surface area contributed by atoms with E-state index in [4.69, 9.17) is 5.26 Å². The average Bonchev–Trinajstić information content (AvgIpc) is 2.16. The molecule has 1 fully saturated rings. The van der Waals surface area contributed by atoms with Crippen molar-refractivity contribution in [2.75, 3.05) is 0 Å². The predicted molar refractivity (Wildman–Crippen MR) is 38.5 cm³/mol. The van der Waals surface area contributed by atoms with Gasteiger partial charge in [0, 0.05) is 11.8 Å². The summed E-state index contributed by atoms with van der Waals surface area (Å²) in [6.45, 7) is 3.47. The Balaban J connectivity index is 2.99. The zero-order chi connectivity index (χ0) is 8.65. The molecule has 0 aliphatic heterocycles. The summed E-state index contributed by atoms with van der Waals surface area (Å²) in [7, 11) is 0. The highest BCUT2D eigenvalue weighted by Crippen LogP contribution is 2.35. The second-order valence-electron chi connectivity index (χ2n) is 3.28. The van der Waals surface area contributed by atoms with Crippen LogP contribution in [0.4, 0.5) is 0 Å². The first-order valence-corrected chi connectivity index (χ1v) is 3.70. The molecule has 1 aliphatic rings. The van der Waals surface area contributed by atoms with Crippen LogP contribution in [-0.4, -0.2) is 16.5 Å². The zero-order valence-corrected chi connectivity index (χ0v) is 6.66. The number of carbonyl (C=O) groups excluding carboxylic acids is 1. The van der Waals surface area contributed by atoms with Crippen molar-refractivity contribution in [1.29, 1.82) is 5.26 Å². The van der Waals surface area contributed by atoms with Crippen molar-refractivity contribution in [3.63, 3.8) is 0 Å². The standard InChI is InChI=1S/C8H11NO2/c1-5-3-6(2)8(11,4-9)7(5)10/h5-6,11H,3H2,1-2H3. The molecule has 0 bridgehead atoms. The number of nitriles is 1. The van der Waals surface area contributed by atoms with E-state index in [1.54, 1.807) is 19.9 Å². The maximum Gasteiger partial charge on any atom is 0.212 e. The van der Waals surface area contributed by atoms with Crippen molar-refractivity contribution in [3.8, 4) is 6.07 Å². The molecule has 1 rings (SSSR count). The molecule has 1 saturated carbocycles. The summed E-state index contributed by atoms with van der Waals surface area (Å²) >= 11 is 0. The molecule has 3 atom stereocenters. The van der Waals surface area contributed by atoms with E-state index in [-0.39, 0.29) is 17.6 Å². The van der Waals surface area contributed by atoms with Gasteiger partial charge in [0.05, 0.1) is 0 Å². The van der Waals surface area contributed by atoms with E-state index in [0.717, 1.165) is 0 Å². The summed E-state index contributed by atoms with van der Waals surface area (Å²) in [5.74, 6) is -0.725. The fraction of sp³-hybridized carbons (Fsp3) is 0.750. The van der Waals surface area contributed by atoms with Crippen LogP contribution in [0.15, 0.2) is 0 Å². The molecule has 0 aromatic carbocycles. The van der Waals surface area contributed by atoms with Crippen molar-refractivity contribution < 1.29 is 9.90 Å². The molecule has 0 amide bonds. The van der Waals surface area contributed by atoms with Crippen molar-refractivity contribution in [2.24, 2.45) is 11.8 Å². The van der Waals surface area contributed by atoms with Crippen LogP contribution in [0.5, 0.6) is 0 Å². The van der Waals surface area contributed by atoms with Crippen molar-refractivity contribution in [2.45, 2.75) is 25.9 Å². The molecule has 3 nitrogen and oxygen atoms in total. The normalized spacial score (nSPS) is 44.0. The second-order valence-corrected chi connectivity index (χ2v) is 3.28. The van der Waals surface area contributed by atoms with Crippen LogP contribution in [0, 0.1) is 23.2 Å². The summed E-state index contributed by atoms with van der Waals surface area (Å²) in [6.07, 6.45) is 0.614. The van der Waals surface area contributed by atoms with Crippen LogP contribution in [0.2, 0.25) is 0 Å². The average molecular weight is 153 g/mol. The molecule has 1 N–H and O–H groups in total. The van der Waals surface area contributed by atoms with Crippen LogP contribution in [0.3, 0.4) is 0 Å². The van der Waals surface area contributed by atoms with Gasteiger partial charge in [-0.2, -0.15) is 5.26 Å². The Morgan fingerprint density at radius 3 is 2.45 bits per heavy atom. The molecule has 0 aromatic heterocycles. The predicted octanol–water partition coefficient (Wildman–Crippen LogP) is 0.486. The second kappa shape index (κ2) is 2.31. The maximum atomic E-state index is 11.2. The number of nitrogens with zero attached hydrogens (tertiary/aromatic N) is 1.